The predicted molar refractivity (Wildman–Crippen MR) is 130 cm³/mol. The third-order valence-corrected chi connectivity index (χ3v) is 6.56. The van der Waals surface area contributed by atoms with E-state index < -0.39 is 0 Å². The zero-order valence-corrected chi connectivity index (χ0v) is 18.7. The van der Waals surface area contributed by atoms with E-state index in [-0.39, 0.29) is 5.91 Å². The summed E-state index contributed by atoms with van der Waals surface area (Å²) >= 11 is 3.25. The normalized spacial score (nSPS) is 10.9. The van der Waals surface area contributed by atoms with Crippen molar-refractivity contribution in [3.8, 4) is 5.75 Å². The fourth-order valence-corrected chi connectivity index (χ4v) is 4.79. The predicted octanol–water partition coefficient (Wildman–Crippen LogP) is 6.17. The molecule has 2 heterocycles. The number of benzene rings is 3. The van der Waals surface area contributed by atoms with Crippen LogP contribution in [0.25, 0.3) is 10.2 Å². The van der Waals surface area contributed by atoms with Gasteiger partial charge in [0.15, 0.2) is 0 Å². The van der Waals surface area contributed by atoms with Crippen molar-refractivity contribution in [1.82, 2.24) is 9.97 Å². The molecule has 0 saturated heterocycles. The van der Waals surface area contributed by atoms with Crippen LogP contribution in [0.3, 0.4) is 0 Å². The number of para-hydroxylation sites is 1. The van der Waals surface area contributed by atoms with E-state index in [9.17, 15) is 4.79 Å². The van der Waals surface area contributed by atoms with Crippen LogP contribution in [0.2, 0.25) is 0 Å². The first-order valence-electron chi connectivity index (χ1n) is 10.1. The molecule has 7 heteroatoms. The second kappa shape index (κ2) is 9.30. The molecule has 3 aromatic carbocycles. The van der Waals surface area contributed by atoms with Gasteiger partial charge in [-0.15, -0.1) is 22.7 Å². The number of hydrogen-bond donors (Lipinski definition) is 1. The summed E-state index contributed by atoms with van der Waals surface area (Å²) in [5.74, 6) is 0.545. The number of ether oxygens (including phenoxy) is 1. The molecule has 5 nitrogen and oxygen atoms in total. The van der Waals surface area contributed by atoms with Crippen molar-refractivity contribution in [2.75, 3.05) is 5.32 Å². The summed E-state index contributed by atoms with van der Waals surface area (Å²) in [6.45, 7) is 0.415. The van der Waals surface area contributed by atoms with Gasteiger partial charge in [0.2, 0.25) is 0 Å². The summed E-state index contributed by atoms with van der Waals surface area (Å²) in [5.41, 5.74) is 6.19. The minimum Gasteiger partial charge on any atom is -0.487 e. The van der Waals surface area contributed by atoms with E-state index in [2.05, 4.69) is 21.4 Å². The summed E-state index contributed by atoms with van der Waals surface area (Å²) < 4.78 is 6.89. The molecule has 0 saturated carbocycles. The van der Waals surface area contributed by atoms with E-state index in [0.29, 0.717) is 17.9 Å². The van der Waals surface area contributed by atoms with Gasteiger partial charge in [0.05, 0.1) is 26.4 Å². The topological polar surface area (TPSA) is 64.1 Å². The van der Waals surface area contributed by atoms with Gasteiger partial charge in [-0.3, -0.25) is 4.79 Å². The average molecular weight is 458 g/mol. The van der Waals surface area contributed by atoms with Crippen LogP contribution in [-0.4, -0.2) is 15.9 Å². The van der Waals surface area contributed by atoms with E-state index in [4.69, 9.17) is 4.74 Å². The number of hydrogen-bond acceptors (Lipinski definition) is 6. The maximum Gasteiger partial charge on any atom is 0.255 e. The number of thiazole rings is 2. The van der Waals surface area contributed by atoms with E-state index in [1.54, 1.807) is 41.1 Å². The molecule has 1 N–H and O–H groups in total. The Morgan fingerprint density at radius 3 is 2.53 bits per heavy atom. The first-order chi connectivity index (χ1) is 15.7. The highest BCUT2D eigenvalue weighted by Gasteiger charge is 2.08. The summed E-state index contributed by atoms with van der Waals surface area (Å²) in [4.78, 5) is 21.5. The van der Waals surface area contributed by atoms with Crippen LogP contribution in [0.5, 0.6) is 5.75 Å². The largest absolute Gasteiger partial charge is 0.487 e. The molecule has 0 aliphatic heterocycles. The fourth-order valence-electron chi connectivity index (χ4n) is 3.25. The van der Waals surface area contributed by atoms with Crippen LogP contribution in [0.4, 0.5) is 5.69 Å². The van der Waals surface area contributed by atoms with E-state index in [0.717, 1.165) is 33.9 Å². The Morgan fingerprint density at radius 1 is 0.969 bits per heavy atom. The van der Waals surface area contributed by atoms with Gasteiger partial charge in [0, 0.05) is 23.1 Å². The van der Waals surface area contributed by atoms with Crippen LogP contribution in [-0.2, 0) is 13.0 Å². The molecule has 158 valence electrons. The Labute approximate surface area is 193 Å². The van der Waals surface area contributed by atoms with Gasteiger partial charge in [-0.2, -0.15) is 0 Å². The third kappa shape index (κ3) is 4.85. The Morgan fingerprint density at radius 2 is 1.78 bits per heavy atom. The molecule has 0 aliphatic carbocycles. The maximum absolute atomic E-state index is 12.6. The van der Waals surface area contributed by atoms with E-state index in [1.165, 1.54) is 16.0 Å². The number of aromatic nitrogens is 2. The van der Waals surface area contributed by atoms with Gasteiger partial charge < -0.3 is 10.1 Å². The molecule has 0 radical (unpaired) electrons. The number of carbonyl (C=O) groups is 1. The standard InChI is InChI=1S/C25H19N3O2S2/c29-25(18-7-11-21(12-8-18)30-14-20-15-31-16-26-20)27-19-9-5-17(6-10-19)13-24-28-22-3-1-2-4-23(22)32-24/h1-12,15-16H,13-14H2,(H,27,29). The lowest BCUT2D eigenvalue weighted by Crippen LogP contribution is -2.11. The summed E-state index contributed by atoms with van der Waals surface area (Å²) in [6, 6.07) is 23.2. The molecule has 0 atom stereocenters. The lowest BCUT2D eigenvalue weighted by atomic mass is 10.1. The quantitative estimate of drug-likeness (QED) is 0.317. The molecular formula is C25H19N3O2S2. The van der Waals surface area contributed by atoms with Gasteiger partial charge in [-0.1, -0.05) is 24.3 Å². The molecule has 0 bridgehead atoms. The molecule has 1 amide bonds. The van der Waals surface area contributed by atoms with Crippen LogP contribution < -0.4 is 10.1 Å². The average Bonchev–Trinajstić information content (AvgIpc) is 3.48. The minimum atomic E-state index is -0.157. The van der Waals surface area contributed by atoms with E-state index >= 15 is 0 Å². The van der Waals surface area contributed by atoms with Crippen LogP contribution in [0.1, 0.15) is 26.6 Å². The number of fused-ring (bicyclic) bond motifs is 1. The molecule has 0 unspecified atom stereocenters. The number of anilines is 1. The highest BCUT2D eigenvalue weighted by Crippen LogP contribution is 2.24. The van der Waals surface area contributed by atoms with E-state index in [1.807, 2.05) is 47.8 Å². The lowest BCUT2D eigenvalue weighted by Gasteiger charge is -2.08. The minimum absolute atomic E-state index is 0.157. The molecule has 0 aliphatic rings. The second-order valence-electron chi connectivity index (χ2n) is 7.20. The van der Waals surface area contributed by atoms with Crippen molar-refractivity contribution in [2.45, 2.75) is 13.0 Å². The van der Waals surface area contributed by atoms with Gasteiger partial charge >= 0.3 is 0 Å². The Kier molecular flexibility index (Phi) is 5.91. The van der Waals surface area contributed by atoms with Crippen LogP contribution in [0, 0.1) is 0 Å². The number of rotatable bonds is 7. The summed E-state index contributed by atoms with van der Waals surface area (Å²) in [6.07, 6.45) is 0.774. The van der Waals surface area contributed by atoms with Crippen molar-refractivity contribution < 1.29 is 9.53 Å². The Hall–Kier alpha value is -3.55. The highest BCUT2D eigenvalue weighted by molar-refractivity contribution is 7.18. The van der Waals surface area contributed by atoms with Crippen molar-refractivity contribution in [1.29, 1.82) is 0 Å². The lowest BCUT2D eigenvalue weighted by molar-refractivity contribution is 0.102. The van der Waals surface area contributed by atoms with Crippen molar-refractivity contribution >= 4 is 44.5 Å². The smallest absolute Gasteiger partial charge is 0.255 e. The first kappa shape index (κ1) is 20.4. The Bertz CT molecular complexity index is 1300. The molecule has 5 aromatic rings. The number of nitrogens with one attached hydrogen (secondary N) is 1. The van der Waals surface area contributed by atoms with Gasteiger partial charge in [0.1, 0.15) is 12.4 Å². The van der Waals surface area contributed by atoms with Crippen molar-refractivity contribution in [3.05, 3.63) is 106 Å². The summed E-state index contributed by atoms with van der Waals surface area (Å²) in [5, 5.41) is 5.98. The van der Waals surface area contributed by atoms with Gasteiger partial charge in [0.25, 0.3) is 5.91 Å². The molecule has 5 rings (SSSR count). The van der Waals surface area contributed by atoms with Gasteiger partial charge in [-0.25, -0.2) is 9.97 Å². The first-order valence-corrected chi connectivity index (χ1v) is 11.8. The van der Waals surface area contributed by atoms with Crippen molar-refractivity contribution in [3.63, 3.8) is 0 Å². The second-order valence-corrected chi connectivity index (χ2v) is 9.03. The monoisotopic (exact) mass is 457 g/mol. The van der Waals surface area contributed by atoms with Crippen LogP contribution >= 0.6 is 22.7 Å². The van der Waals surface area contributed by atoms with Crippen LogP contribution in [0.15, 0.2) is 83.7 Å². The highest BCUT2D eigenvalue weighted by atomic mass is 32.1. The zero-order chi connectivity index (χ0) is 21.8. The van der Waals surface area contributed by atoms with Crippen molar-refractivity contribution in [2.24, 2.45) is 0 Å². The number of nitrogens with zero attached hydrogens (tertiary/aromatic N) is 2. The molecule has 0 spiro atoms. The zero-order valence-electron chi connectivity index (χ0n) is 17.0. The number of amides is 1. The molecule has 2 aromatic heterocycles. The van der Waals surface area contributed by atoms with Gasteiger partial charge in [-0.05, 0) is 54.1 Å². The number of carbonyl (C=O) groups excluding carboxylic acids is 1. The summed E-state index contributed by atoms with van der Waals surface area (Å²) in [7, 11) is 0. The fraction of sp³-hybridized carbons (Fsp3) is 0.0800. The molecular weight excluding hydrogens is 438 g/mol. The molecule has 0 fully saturated rings. The Balaban J connectivity index is 1.18. The third-order valence-electron chi connectivity index (χ3n) is 4.89. The molecule has 32 heavy (non-hydrogen) atoms. The SMILES string of the molecule is O=C(Nc1ccc(Cc2nc3ccccc3s2)cc1)c1ccc(OCc2cscn2)cc1. The maximum atomic E-state index is 12.6.